The zero-order valence-electron chi connectivity index (χ0n) is 15.7. The molecule has 140 valence electrons. The fourth-order valence-electron chi connectivity index (χ4n) is 2.59. The van der Waals surface area contributed by atoms with Gasteiger partial charge in [-0.3, -0.25) is 9.67 Å². The molecule has 27 heavy (non-hydrogen) atoms. The summed E-state index contributed by atoms with van der Waals surface area (Å²) in [6.45, 7) is 1.93. The average Bonchev–Trinajstić information content (AvgIpc) is 3.13. The smallest absolute Gasteiger partial charge is 0.191 e. The van der Waals surface area contributed by atoms with Gasteiger partial charge in [0.1, 0.15) is 12.4 Å². The lowest BCUT2D eigenvalue weighted by Crippen LogP contribution is -2.36. The minimum Gasteiger partial charge on any atom is -0.489 e. The van der Waals surface area contributed by atoms with Crippen LogP contribution in [0.4, 0.5) is 0 Å². The van der Waals surface area contributed by atoms with E-state index in [4.69, 9.17) is 4.74 Å². The molecule has 0 bridgehead atoms. The van der Waals surface area contributed by atoms with Crippen LogP contribution < -0.4 is 15.4 Å². The monoisotopic (exact) mass is 363 g/mol. The molecular formula is C21H25N5O. The van der Waals surface area contributed by atoms with Crippen molar-refractivity contribution in [3.05, 3.63) is 83.7 Å². The maximum absolute atomic E-state index is 5.77. The number of hydrogen-bond donors (Lipinski definition) is 2. The highest BCUT2D eigenvalue weighted by atomic mass is 16.5. The van der Waals surface area contributed by atoms with Crippen LogP contribution in [0.3, 0.4) is 0 Å². The molecule has 0 amide bonds. The van der Waals surface area contributed by atoms with E-state index in [1.165, 1.54) is 5.56 Å². The Morgan fingerprint density at radius 3 is 2.33 bits per heavy atom. The summed E-state index contributed by atoms with van der Waals surface area (Å²) in [6.07, 6.45) is 1.79. The van der Waals surface area contributed by atoms with Crippen molar-refractivity contribution >= 4 is 5.96 Å². The Kier molecular flexibility index (Phi) is 6.46. The summed E-state index contributed by atoms with van der Waals surface area (Å²) in [5, 5.41) is 10.8. The predicted octanol–water partition coefficient (Wildman–Crippen LogP) is 2.86. The largest absolute Gasteiger partial charge is 0.489 e. The van der Waals surface area contributed by atoms with E-state index in [0.29, 0.717) is 19.7 Å². The molecule has 0 aliphatic rings. The lowest BCUT2D eigenvalue weighted by atomic mass is 10.1. The maximum Gasteiger partial charge on any atom is 0.191 e. The first-order valence-electron chi connectivity index (χ1n) is 8.91. The van der Waals surface area contributed by atoms with Gasteiger partial charge in [0.25, 0.3) is 0 Å². The van der Waals surface area contributed by atoms with Gasteiger partial charge in [-0.1, -0.05) is 42.5 Å². The van der Waals surface area contributed by atoms with Gasteiger partial charge in [0.05, 0.1) is 12.2 Å². The van der Waals surface area contributed by atoms with Crippen molar-refractivity contribution in [1.29, 1.82) is 0 Å². The molecule has 1 aromatic heterocycles. The number of nitrogens with zero attached hydrogens (tertiary/aromatic N) is 3. The molecule has 3 rings (SSSR count). The van der Waals surface area contributed by atoms with Crippen molar-refractivity contribution in [2.24, 2.45) is 12.0 Å². The molecule has 2 aromatic carbocycles. The van der Waals surface area contributed by atoms with E-state index in [0.717, 1.165) is 23.0 Å². The molecule has 6 nitrogen and oxygen atoms in total. The Balaban J connectivity index is 1.45. The number of ether oxygens (including phenoxy) is 1. The number of nitrogens with one attached hydrogen (secondary N) is 2. The van der Waals surface area contributed by atoms with Gasteiger partial charge in [-0.05, 0) is 29.3 Å². The molecule has 3 aromatic rings. The van der Waals surface area contributed by atoms with Crippen LogP contribution in [0.5, 0.6) is 5.75 Å². The molecule has 0 spiro atoms. The summed E-state index contributed by atoms with van der Waals surface area (Å²) in [5.74, 6) is 1.64. The molecule has 0 fully saturated rings. The molecule has 1 heterocycles. The van der Waals surface area contributed by atoms with Crippen molar-refractivity contribution < 1.29 is 4.74 Å². The van der Waals surface area contributed by atoms with Gasteiger partial charge in [-0.15, -0.1) is 0 Å². The van der Waals surface area contributed by atoms with E-state index in [1.807, 2.05) is 48.1 Å². The second kappa shape index (κ2) is 9.43. The quantitative estimate of drug-likeness (QED) is 0.500. The summed E-state index contributed by atoms with van der Waals surface area (Å²) in [4.78, 5) is 4.26. The van der Waals surface area contributed by atoms with Gasteiger partial charge in [0.15, 0.2) is 5.96 Å². The standard InChI is InChI=1S/C21H25N5O/c1-22-21(24-15-19-12-13-25-26(19)2)23-14-17-8-10-18(11-9-17)16-27-20-6-4-3-5-7-20/h3-13H,14-16H2,1-2H3,(H2,22,23,24). The topological polar surface area (TPSA) is 63.5 Å². The zero-order valence-corrected chi connectivity index (χ0v) is 15.7. The molecule has 0 aliphatic heterocycles. The van der Waals surface area contributed by atoms with Crippen LogP contribution in [0.2, 0.25) is 0 Å². The molecule has 0 unspecified atom stereocenters. The molecule has 0 aliphatic carbocycles. The third-order valence-electron chi connectivity index (χ3n) is 4.21. The number of benzene rings is 2. The number of hydrogen-bond acceptors (Lipinski definition) is 3. The van der Waals surface area contributed by atoms with Gasteiger partial charge in [-0.2, -0.15) is 5.10 Å². The zero-order chi connectivity index (χ0) is 18.9. The minimum absolute atomic E-state index is 0.561. The number of para-hydroxylation sites is 1. The average molecular weight is 363 g/mol. The van der Waals surface area contributed by atoms with Crippen molar-refractivity contribution in [1.82, 2.24) is 20.4 Å². The van der Waals surface area contributed by atoms with Crippen molar-refractivity contribution in [2.45, 2.75) is 19.7 Å². The Morgan fingerprint density at radius 1 is 0.963 bits per heavy atom. The number of aliphatic imine (C=N–C) groups is 1. The number of guanidine groups is 1. The van der Waals surface area contributed by atoms with Crippen LogP contribution in [0.25, 0.3) is 0 Å². The predicted molar refractivity (Wildman–Crippen MR) is 107 cm³/mol. The molecule has 0 radical (unpaired) electrons. The van der Waals surface area contributed by atoms with Gasteiger partial charge in [-0.25, -0.2) is 0 Å². The van der Waals surface area contributed by atoms with Crippen molar-refractivity contribution in [3.8, 4) is 5.75 Å². The van der Waals surface area contributed by atoms with E-state index in [2.05, 4.69) is 45.0 Å². The second-order valence-corrected chi connectivity index (χ2v) is 6.14. The van der Waals surface area contributed by atoms with Gasteiger partial charge in [0, 0.05) is 26.8 Å². The van der Waals surface area contributed by atoms with Crippen LogP contribution in [-0.4, -0.2) is 22.8 Å². The number of aromatic nitrogens is 2. The lowest BCUT2D eigenvalue weighted by Gasteiger charge is -2.12. The summed E-state index contributed by atoms with van der Waals surface area (Å²) in [7, 11) is 3.69. The van der Waals surface area contributed by atoms with Crippen molar-refractivity contribution in [2.75, 3.05) is 7.05 Å². The van der Waals surface area contributed by atoms with E-state index < -0.39 is 0 Å². The van der Waals surface area contributed by atoms with Crippen LogP contribution in [-0.2, 0) is 26.7 Å². The lowest BCUT2D eigenvalue weighted by molar-refractivity contribution is 0.306. The first-order chi connectivity index (χ1) is 13.2. The maximum atomic E-state index is 5.77. The third-order valence-corrected chi connectivity index (χ3v) is 4.21. The van der Waals surface area contributed by atoms with Crippen LogP contribution >= 0.6 is 0 Å². The van der Waals surface area contributed by atoms with Crippen molar-refractivity contribution in [3.63, 3.8) is 0 Å². The molecule has 2 N–H and O–H groups in total. The van der Waals surface area contributed by atoms with Crippen LogP contribution in [0, 0.1) is 0 Å². The van der Waals surface area contributed by atoms with Gasteiger partial charge >= 0.3 is 0 Å². The van der Waals surface area contributed by atoms with E-state index in [1.54, 1.807) is 13.2 Å². The molecule has 0 saturated heterocycles. The highest BCUT2D eigenvalue weighted by Gasteiger charge is 2.02. The van der Waals surface area contributed by atoms with E-state index in [-0.39, 0.29) is 0 Å². The fraction of sp³-hybridized carbons (Fsp3) is 0.238. The summed E-state index contributed by atoms with van der Waals surface area (Å²) < 4.78 is 7.62. The Labute approximate surface area is 159 Å². The second-order valence-electron chi connectivity index (χ2n) is 6.14. The summed E-state index contributed by atoms with van der Waals surface area (Å²) in [5.41, 5.74) is 3.42. The third kappa shape index (κ3) is 5.60. The highest BCUT2D eigenvalue weighted by Crippen LogP contribution is 2.12. The summed E-state index contributed by atoms with van der Waals surface area (Å²) in [6, 6.07) is 20.2. The SMILES string of the molecule is CN=C(NCc1ccc(COc2ccccc2)cc1)NCc1ccnn1C. The fourth-order valence-corrected chi connectivity index (χ4v) is 2.59. The first kappa shape index (κ1) is 18.5. The first-order valence-corrected chi connectivity index (χ1v) is 8.91. The molecular weight excluding hydrogens is 338 g/mol. The van der Waals surface area contributed by atoms with Crippen LogP contribution in [0.1, 0.15) is 16.8 Å². The Morgan fingerprint density at radius 2 is 1.67 bits per heavy atom. The summed E-state index contributed by atoms with van der Waals surface area (Å²) >= 11 is 0. The molecule has 6 heteroatoms. The highest BCUT2D eigenvalue weighted by molar-refractivity contribution is 5.79. The van der Waals surface area contributed by atoms with E-state index >= 15 is 0 Å². The van der Waals surface area contributed by atoms with Gasteiger partial charge in [0.2, 0.25) is 0 Å². The van der Waals surface area contributed by atoms with E-state index in [9.17, 15) is 0 Å². The minimum atomic E-state index is 0.561. The molecule has 0 saturated carbocycles. The number of rotatable bonds is 7. The Hall–Kier alpha value is -3.28. The van der Waals surface area contributed by atoms with Crippen LogP contribution in [0.15, 0.2) is 71.9 Å². The number of aryl methyl sites for hydroxylation is 1. The molecule has 0 atom stereocenters. The Bertz CT molecular complexity index is 856. The van der Waals surface area contributed by atoms with Gasteiger partial charge < -0.3 is 15.4 Å². The normalized spacial score (nSPS) is 11.3.